The van der Waals surface area contributed by atoms with E-state index in [-0.39, 0.29) is 28.8 Å². The van der Waals surface area contributed by atoms with Crippen LogP contribution in [-0.4, -0.2) is 72.7 Å². The number of amides is 1. The van der Waals surface area contributed by atoms with Gasteiger partial charge in [-0.2, -0.15) is 9.67 Å². The van der Waals surface area contributed by atoms with E-state index in [0.29, 0.717) is 44.1 Å². The van der Waals surface area contributed by atoms with E-state index in [1.807, 2.05) is 4.90 Å². The lowest BCUT2D eigenvalue weighted by Crippen LogP contribution is -2.39. The molecule has 0 bridgehead atoms. The Morgan fingerprint density at radius 1 is 1.14 bits per heavy atom. The summed E-state index contributed by atoms with van der Waals surface area (Å²) in [5, 5.41) is 6.81. The lowest BCUT2D eigenvalue weighted by molar-refractivity contribution is -0.119. The average Bonchev–Trinajstić information content (AvgIpc) is 3.23. The molecule has 0 saturated carbocycles. The first kappa shape index (κ1) is 26.2. The first-order valence-electron chi connectivity index (χ1n) is 11.4. The minimum absolute atomic E-state index is 0.0414. The largest absolute Gasteiger partial charge is 0.379 e. The number of hydrogen-bond donors (Lipinski definition) is 3. The Morgan fingerprint density at radius 2 is 1.84 bits per heavy atom. The number of sulfonamides is 1. The second kappa shape index (κ2) is 11.0. The number of ether oxygens (including phenoxy) is 1. The molecule has 0 aliphatic carbocycles. The van der Waals surface area contributed by atoms with Crippen LogP contribution in [-0.2, 0) is 19.6 Å². The van der Waals surface area contributed by atoms with Crippen molar-refractivity contribution in [3.8, 4) is 0 Å². The molecule has 2 aromatic carbocycles. The van der Waals surface area contributed by atoms with Crippen molar-refractivity contribution >= 4 is 39.4 Å². The van der Waals surface area contributed by atoms with E-state index in [1.54, 1.807) is 13.0 Å². The number of aryl methyl sites for hydroxylation is 1. The lowest BCUT2D eigenvalue weighted by atomic mass is 10.1. The van der Waals surface area contributed by atoms with Gasteiger partial charge in [-0.1, -0.05) is 12.1 Å². The van der Waals surface area contributed by atoms with Crippen LogP contribution in [0, 0.1) is 12.7 Å². The predicted octanol–water partition coefficient (Wildman–Crippen LogP) is 1.27. The number of benzene rings is 2. The first-order valence-corrected chi connectivity index (χ1v) is 12.9. The summed E-state index contributed by atoms with van der Waals surface area (Å²) in [6, 6.07) is 9.71. The van der Waals surface area contributed by atoms with Crippen molar-refractivity contribution in [3.05, 3.63) is 59.4 Å². The van der Waals surface area contributed by atoms with E-state index < -0.39 is 27.7 Å². The highest BCUT2D eigenvalue weighted by molar-refractivity contribution is 7.90. The van der Waals surface area contributed by atoms with Gasteiger partial charge >= 0.3 is 0 Å². The number of hydrogen-bond acceptors (Lipinski definition) is 10. The summed E-state index contributed by atoms with van der Waals surface area (Å²) in [5.41, 5.74) is 6.45. The van der Waals surface area contributed by atoms with Crippen molar-refractivity contribution in [3.63, 3.8) is 0 Å². The van der Waals surface area contributed by atoms with Gasteiger partial charge in [0.25, 0.3) is 15.9 Å². The average molecular weight is 532 g/mol. The number of aromatic nitrogens is 3. The normalized spacial score (nSPS) is 14.3. The Hall–Kier alpha value is -3.88. The van der Waals surface area contributed by atoms with Crippen molar-refractivity contribution in [1.29, 1.82) is 0 Å². The molecule has 0 spiro atoms. The van der Waals surface area contributed by atoms with Crippen molar-refractivity contribution < 1.29 is 27.1 Å². The predicted molar refractivity (Wildman–Crippen MR) is 132 cm³/mol. The van der Waals surface area contributed by atoms with Gasteiger partial charge in [0, 0.05) is 31.7 Å². The third-order valence-electron chi connectivity index (χ3n) is 5.69. The lowest BCUT2D eigenvalue weighted by Gasteiger charge is -2.26. The standard InChI is InChI=1S/C23H26FN7O5S/c1-15-3-2-4-18(24)20(15)21(33)31-22(25)27-23(28-31)26-16-5-7-17(8-6-16)37(34,35)29-19(32)9-10-30-11-13-36-14-12-30/h2-8H,9-14H2,1H3,(H,29,32)(H3,25,26,27,28). The SMILES string of the molecule is Cc1cccc(F)c1C(=O)n1nc(Nc2ccc(S(=O)(=O)NC(=O)CCN3CCOCC3)cc2)nc1N. The third kappa shape index (κ3) is 6.28. The molecule has 1 aromatic heterocycles. The smallest absolute Gasteiger partial charge is 0.284 e. The minimum atomic E-state index is -4.06. The van der Waals surface area contributed by atoms with Crippen LogP contribution in [0.5, 0.6) is 0 Å². The second-order valence-corrected chi connectivity index (χ2v) is 10.0. The number of carbonyl (C=O) groups is 2. The second-order valence-electron chi connectivity index (χ2n) is 8.32. The van der Waals surface area contributed by atoms with Crippen LogP contribution in [0.15, 0.2) is 47.4 Å². The van der Waals surface area contributed by atoms with Gasteiger partial charge in [-0.15, -0.1) is 5.10 Å². The molecule has 14 heteroatoms. The van der Waals surface area contributed by atoms with Crippen LogP contribution in [0.25, 0.3) is 0 Å². The molecule has 1 fully saturated rings. The molecule has 4 rings (SSSR count). The zero-order valence-electron chi connectivity index (χ0n) is 20.0. The number of nitrogens with one attached hydrogen (secondary N) is 2. The number of carbonyl (C=O) groups excluding carboxylic acids is 2. The first-order chi connectivity index (χ1) is 17.6. The molecule has 196 valence electrons. The van der Waals surface area contributed by atoms with Crippen LogP contribution < -0.4 is 15.8 Å². The summed E-state index contributed by atoms with van der Waals surface area (Å²) < 4.78 is 47.4. The van der Waals surface area contributed by atoms with Gasteiger partial charge in [-0.25, -0.2) is 17.5 Å². The number of anilines is 3. The van der Waals surface area contributed by atoms with Crippen LogP contribution in [0.2, 0.25) is 0 Å². The number of nitrogen functional groups attached to an aromatic ring is 1. The van der Waals surface area contributed by atoms with E-state index in [2.05, 4.69) is 20.1 Å². The number of halogens is 1. The molecule has 1 amide bonds. The van der Waals surface area contributed by atoms with Crippen molar-refractivity contribution in [1.82, 2.24) is 24.4 Å². The molecular weight excluding hydrogens is 505 g/mol. The summed E-state index contributed by atoms with van der Waals surface area (Å²) in [6.45, 7) is 4.60. The van der Waals surface area contributed by atoms with E-state index in [1.165, 1.54) is 30.3 Å². The molecular formula is C23H26FN7O5S. The van der Waals surface area contributed by atoms with E-state index in [9.17, 15) is 22.4 Å². The van der Waals surface area contributed by atoms with Crippen LogP contribution in [0.3, 0.4) is 0 Å². The van der Waals surface area contributed by atoms with Crippen LogP contribution in [0.4, 0.5) is 22.0 Å². The summed E-state index contributed by atoms with van der Waals surface area (Å²) in [4.78, 5) is 30.8. The summed E-state index contributed by atoms with van der Waals surface area (Å²) in [7, 11) is -4.06. The molecule has 1 aliphatic heterocycles. The van der Waals surface area contributed by atoms with Crippen molar-refractivity contribution in [2.75, 3.05) is 43.9 Å². The number of rotatable bonds is 8. The molecule has 0 radical (unpaired) electrons. The third-order valence-corrected chi connectivity index (χ3v) is 7.08. The zero-order valence-corrected chi connectivity index (χ0v) is 20.8. The van der Waals surface area contributed by atoms with Gasteiger partial charge in [-0.3, -0.25) is 14.5 Å². The topological polar surface area (TPSA) is 162 Å². The minimum Gasteiger partial charge on any atom is -0.379 e. The quantitative estimate of drug-likeness (QED) is 0.386. The molecule has 1 saturated heterocycles. The van der Waals surface area contributed by atoms with Crippen LogP contribution in [0.1, 0.15) is 22.3 Å². The van der Waals surface area contributed by atoms with Gasteiger partial charge in [0.1, 0.15) is 5.82 Å². The van der Waals surface area contributed by atoms with E-state index >= 15 is 0 Å². The highest BCUT2D eigenvalue weighted by Crippen LogP contribution is 2.20. The van der Waals surface area contributed by atoms with Gasteiger partial charge in [0.2, 0.25) is 17.8 Å². The molecule has 0 unspecified atom stereocenters. The Kier molecular flexibility index (Phi) is 7.80. The fraction of sp³-hybridized carbons (Fsp3) is 0.304. The number of nitrogens with two attached hydrogens (primary N) is 1. The van der Waals surface area contributed by atoms with Gasteiger partial charge in [0.05, 0.1) is 23.7 Å². The maximum absolute atomic E-state index is 14.2. The molecule has 37 heavy (non-hydrogen) atoms. The van der Waals surface area contributed by atoms with E-state index in [0.717, 1.165) is 10.7 Å². The summed E-state index contributed by atoms with van der Waals surface area (Å²) in [5.74, 6) is -2.39. The highest BCUT2D eigenvalue weighted by atomic mass is 32.2. The Balaban J connectivity index is 1.39. The molecule has 0 atom stereocenters. The summed E-state index contributed by atoms with van der Waals surface area (Å²) >= 11 is 0. The highest BCUT2D eigenvalue weighted by Gasteiger charge is 2.22. The van der Waals surface area contributed by atoms with Crippen molar-refractivity contribution in [2.45, 2.75) is 18.2 Å². The molecule has 2 heterocycles. The van der Waals surface area contributed by atoms with Gasteiger partial charge in [-0.05, 0) is 42.8 Å². The Bertz CT molecular complexity index is 1380. The molecule has 12 nitrogen and oxygen atoms in total. The van der Waals surface area contributed by atoms with Gasteiger partial charge in [0.15, 0.2) is 0 Å². The fourth-order valence-corrected chi connectivity index (χ4v) is 4.74. The monoisotopic (exact) mass is 531 g/mol. The van der Waals surface area contributed by atoms with Crippen LogP contribution >= 0.6 is 0 Å². The van der Waals surface area contributed by atoms with Gasteiger partial charge < -0.3 is 15.8 Å². The molecule has 4 N–H and O–H groups in total. The van der Waals surface area contributed by atoms with Crippen molar-refractivity contribution in [2.24, 2.45) is 0 Å². The maximum Gasteiger partial charge on any atom is 0.284 e. The number of nitrogens with zero attached hydrogens (tertiary/aromatic N) is 4. The Labute approximate surface area is 212 Å². The fourth-order valence-electron chi connectivity index (χ4n) is 3.73. The molecule has 1 aliphatic rings. The van der Waals surface area contributed by atoms with E-state index in [4.69, 9.17) is 10.5 Å². The Morgan fingerprint density at radius 3 is 2.51 bits per heavy atom. The zero-order chi connectivity index (χ0) is 26.6. The molecule has 3 aromatic rings. The maximum atomic E-state index is 14.2. The summed E-state index contributed by atoms with van der Waals surface area (Å²) in [6.07, 6.45) is 0.0414. The number of morpholine rings is 1.